The third kappa shape index (κ3) is 2.66. The van der Waals surface area contributed by atoms with Crippen LogP contribution >= 0.6 is 0 Å². The number of carbonyl (C=O) groups excluding carboxylic acids is 1. The number of piperidine rings is 1. The molecule has 2 aromatic rings. The van der Waals surface area contributed by atoms with Gasteiger partial charge in [-0.25, -0.2) is 0 Å². The molecule has 1 saturated carbocycles. The Balaban J connectivity index is 1.27. The van der Waals surface area contributed by atoms with Crippen LogP contribution in [-0.2, 0) is 11.8 Å². The maximum Gasteiger partial charge on any atom is 0.270 e. The van der Waals surface area contributed by atoms with Gasteiger partial charge in [0.05, 0.1) is 6.10 Å². The van der Waals surface area contributed by atoms with Gasteiger partial charge in [0.1, 0.15) is 11.8 Å². The zero-order chi connectivity index (χ0) is 17.0. The van der Waals surface area contributed by atoms with Crippen molar-refractivity contribution in [3.05, 3.63) is 35.8 Å². The lowest BCUT2D eigenvalue weighted by molar-refractivity contribution is -0.0126. The summed E-state index contributed by atoms with van der Waals surface area (Å²) in [7, 11) is 1.90. The average Bonchev–Trinajstić information content (AvgIpc) is 3.03. The molecule has 0 unspecified atom stereocenters. The lowest BCUT2D eigenvalue weighted by Crippen LogP contribution is -2.45. The summed E-state index contributed by atoms with van der Waals surface area (Å²) in [5.41, 5.74) is 0.721. The molecule has 1 aliphatic carbocycles. The van der Waals surface area contributed by atoms with E-state index in [0.29, 0.717) is 24.3 Å². The van der Waals surface area contributed by atoms with Crippen molar-refractivity contribution < 1.29 is 13.9 Å². The molecular formula is C18H22N4O3. The molecule has 0 bridgehead atoms. The van der Waals surface area contributed by atoms with Crippen LogP contribution < -0.4 is 0 Å². The molecule has 2 aliphatic heterocycles. The van der Waals surface area contributed by atoms with Crippen molar-refractivity contribution in [1.82, 2.24) is 19.7 Å². The number of hydrogen-bond donors (Lipinski definition) is 0. The van der Waals surface area contributed by atoms with Crippen molar-refractivity contribution in [2.75, 3.05) is 13.1 Å². The van der Waals surface area contributed by atoms with Crippen molar-refractivity contribution in [3.8, 4) is 0 Å². The van der Waals surface area contributed by atoms with E-state index in [4.69, 9.17) is 9.15 Å². The van der Waals surface area contributed by atoms with Crippen molar-refractivity contribution in [2.24, 2.45) is 13.0 Å². The fourth-order valence-electron chi connectivity index (χ4n) is 3.99. The summed E-state index contributed by atoms with van der Waals surface area (Å²) in [5, 5.41) is 8.36. The number of nitrogens with zero attached hydrogens (tertiary/aromatic N) is 4. The van der Waals surface area contributed by atoms with Gasteiger partial charge in [0, 0.05) is 32.3 Å². The topological polar surface area (TPSA) is 73.4 Å². The minimum atomic E-state index is -0.125. The molecule has 3 aliphatic rings. The van der Waals surface area contributed by atoms with Crippen LogP contribution in [-0.4, -0.2) is 44.8 Å². The van der Waals surface area contributed by atoms with E-state index in [1.165, 1.54) is 0 Å². The minimum absolute atomic E-state index is 0.0549. The van der Waals surface area contributed by atoms with Crippen LogP contribution in [0.3, 0.4) is 0 Å². The Kier molecular flexibility index (Phi) is 3.45. The van der Waals surface area contributed by atoms with Crippen molar-refractivity contribution >= 4 is 5.91 Å². The number of likely N-dealkylation sites (tertiary alicyclic amines) is 1. The second-order valence-electron chi connectivity index (χ2n) is 7.46. The SMILES string of the molecule is Cn1cccc1C(=O)N1CC[C@@H]2C[C@@H](c3nnc(C4CC4)o3)O[C@H]2C1. The zero-order valence-corrected chi connectivity index (χ0v) is 14.3. The predicted molar refractivity (Wildman–Crippen MR) is 87.9 cm³/mol. The molecule has 2 saturated heterocycles. The number of amides is 1. The van der Waals surface area contributed by atoms with Gasteiger partial charge in [-0.05, 0) is 43.7 Å². The molecule has 0 spiro atoms. The van der Waals surface area contributed by atoms with Crippen LogP contribution in [0.25, 0.3) is 0 Å². The number of carbonyl (C=O) groups is 1. The van der Waals surface area contributed by atoms with E-state index >= 15 is 0 Å². The molecule has 132 valence electrons. The van der Waals surface area contributed by atoms with Crippen LogP contribution in [0.1, 0.15) is 60.0 Å². The number of aryl methyl sites for hydroxylation is 1. The Labute approximate surface area is 146 Å². The van der Waals surface area contributed by atoms with Crippen molar-refractivity contribution in [2.45, 2.75) is 43.8 Å². The van der Waals surface area contributed by atoms with Crippen molar-refractivity contribution in [3.63, 3.8) is 0 Å². The summed E-state index contributed by atoms with van der Waals surface area (Å²) in [6.07, 6.45) is 5.99. The lowest BCUT2D eigenvalue weighted by Gasteiger charge is -2.34. The Hall–Kier alpha value is -2.15. The van der Waals surface area contributed by atoms with Gasteiger partial charge in [-0.15, -0.1) is 10.2 Å². The Morgan fingerprint density at radius 3 is 2.84 bits per heavy atom. The summed E-state index contributed by atoms with van der Waals surface area (Å²) in [4.78, 5) is 14.6. The summed E-state index contributed by atoms with van der Waals surface area (Å²) in [6, 6.07) is 3.76. The molecule has 0 N–H and O–H groups in total. The Bertz CT molecular complexity index is 794. The molecule has 7 heteroatoms. The molecular weight excluding hydrogens is 320 g/mol. The van der Waals surface area contributed by atoms with Crippen LogP contribution in [0.5, 0.6) is 0 Å². The third-order valence-corrected chi connectivity index (χ3v) is 5.66. The maximum atomic E-state index is 12.7. The van der Waals surface area contributed by atoms with Crippen LogP contribution in [0.2, 0.25) is 0 Å². The first-order chi connectivity index (χ1) is 12.2. The fraction of sp³-hybridized carbons (Fsp3) is 0.611. The van der Waals surface area contributed by atoms with Gasteiger partial charge < -0.3 is 18.6 Å². The standard InChI is InChI=1S/C18H22N4O3/c1-21-7-2-3-13(21)18(23)22-8-6-12-9-14(24-15(12)10-22)17-20-19-16(25-17)11-4-5-11/h2-3,7,11-12,14-15H,4-6,8-10H2,1H3/t12-,14+,15+/m1/s1. The molecule has 25 heavy (non-hydrogen) atoms. The molecule has 5 rings (SSSR count). The quantitative estimate of drug-likeness (QED) is 0.855. The van der Waals surface area contributed by atoms with Crippen LogP contribution in [0, 0.1) is 5.92 Å². The van der Waals surface area contributed by atoms with Gasteiger partial charge in [0.15, 0.2) is 0 Å². The first-order valence-electron chi connectivity index (χ1n) is 9.08. The highest BCUT2D eigenvalue weighted by atomic mass is 16.5. The highest BCUT2D eigenvalue weighted by molar-refractivity contribution is 5.92. The normalized spacial score (nSPS) is 29.0. The monoisotopic (exact) mass is 342 g/mol. The number of rotatable bonds is 3. The van der Waals surface area contributed by atoms with E-state index in [-0.39, 0.29) is 18.1 Å². The summed E-state index contributed by atoms with van der Waals surface area (Å²) >= 11 is 0. The van der Waals surface area contributed by atoms with E-state index in [1.807, 2.05) is 34.8 Å². The number of ether oxygens (including phenoxy) is 1. The number of fused-ring (bicyclic) bond motifs is 1. The van der Waals surface area contributed by atoms with Gasteiger partial charge in [-0.1, -0.05) is 0 Å². The van der Waals surface area contributed by atoms with E-state index in [2.05, 4.69) is 10.2 Å². The Morgan fingerprint density at radius 2 is 2.08 bits per heavy atom. The van der Waals surface area contributed by atoms with E-state index in [9.17, 15) is 4.79 Å². The largest absolute Gasteiger partial charge is 0.422 e. The number of hydrogen-bond acceptors (Lipinski definition) is 5. The van der Waals surface area contributed by atoms with Gasteiger partial charge >= 0.3 is 0 Å². The summed E-state index contributed by atoms with van der Waals surface area (Å²) in [5.74, 6) is 2.36. The first-order valence-corrected chi connectivity index (χ1v) is 9.08. The molecule has 1 amide bonds. The second kappa shape index (κ2) is 5.69. The highest BCUT2D eigenvalue weighted by Gasteiger charge is 2.43. The van der Waals surface area contributed by atoms with E-state index in [1.54, 1.807) is 0 Å². The Morgan fingerprint density at radius 1 is 1.24 bits per heavy atom. The lowest BCUT2D eigenvalue weighted by atomic mass is 9.91. The average molecular weight is 342 g/mol. The molecule has 7 nitrogen and oxygen atoms in total. The van der Waals surface area contributed by atoms with Gasteiger partial charge in [0.25, 0.3) is 5.91 Å². The summed E-state index contributed by atoms with van der Waals surface area (Å²) in [6.45, 7) is 1.41. The van der Waals surface area contributed by atoms with Crippen molar-refractivity contribution in [1.29, 1.82) is 0 Å². The smallest absolute Gasteiger partial charge is 0.270 e. The zero-order valence-electron chi connectivity index (χ0n) is 14.3. The molecule has 3 atom stereocenters. The minimum Gasteiger partial charge on any atom is -0.422 e. The van der Waals surface area contributed by atoms with Gasteiger partial charge in [-0.3, -0.25) is 4.79 Å². The second-order valence-corrected chi connectivity index (χ2v) is 7.46. The number of aromatic nitrogens is 3. The van der Waals surface area contributed by atoms with Crippen LogP contribution in [0.4, 0.5) is 0 Å². The van der Waals surface area contributed by atoms with Crippen LogP contribution in [0.15, 0.2) is 22.7 Å². The fourth-order valence-corrected chi connectivity index (χ4v) is 3.99. The molecule has 3 fully saturated rings. The molecule has 2 aromatic heterocycles. The summed E-state index contributed by atoms with van der Waals surface area (Å²) < 4.78 is 13.9. The predicted octanol–water partition coefficient (Wildman–Crippen LogP) is 2.28. The molecule has 4 heterocycles. The van der Waals surface area contributed by atoms with Gasteiger partial charge in [0.2, 0.25) is 11.8 Å². The third-order valence-electron chi connectivity index (χ3n) is 5.66. The first kappa shape index (κ1) is 15.1. The maximum absolute atomic E-state index is 12.7. The molecule has 0 radical (unpaired) electrons. The van der Waals surface area contributed by atoms with E-state index in [0.717, 1.165) is 43.8 Å². The van der Waals surface area contributed by atoms with Gasteiger partial charge in [-0.2, -0.15) is 0 Å². The molecule has 0 aromatic carbocycles. The highest BCUT2D eigenvalue weighted by Crippen LogP contribution is 2.43. The van der Waals surface area contributed by atoms with E-state index < -0.39 is 0 Å².